The number of nitrogens with two attached hydrogens (primary N) is 3. The van der Waals surface area contributed by atoms with Crippen molar-refractivity contribution in [2.24, 2.45) is 0 Å². The zero-order valence-electron chi connectivity index (χ0n) is 13.6. The number of halogens is 3. The van der Waals surface area contributed by atoms with E-state index in [1.807, 2.05) is 48.5 Å². The number of anilines is 3. The topological polar surface area (TPSA) is 78.1 Å². The molecule has 3 nitrogen and oxygen atoms in total. The Kier molecular flexibility index (Phi) is 9.85. The van der Waals surface area contributed by atoms with E-state index in [9.17, 15) is 0 Å². The van der Waals surface area contributed by atoms with E-state index >= 15 is 0 Å². The van der Waals surface area contributed by atoms with Gasteiger partial charge in [-0.15, -0.1) is 0 Å². The predicted molar refractivity (Wildman–Crippen MR) is 140 cm³/mol. The Balaban J connectivity index is 0.000000552. The molecule has 0 saturated heterocycles. The quantitative estimate of drug-likeness (QED) is 0.154. The van der Waals surface area contributed by atoms with Crippen LogP contribution in [0.1, 0.15) is 0 Å². The molecule has 0 saturated carbocycles. The Labute approximate surface area is 193 Å². The van der Waals surface area contributed by atoms with E-state index in [-0.39, 0.29) is 5.41 Å². The molecule has 0 heterocycles. The summed E-state index contributed by atoms with van der Waals surface area (Å²) in [5, 5.41) is 3.25. The van der Waals surface area contributed by atoms with Gasteiger partial charge in [-0.25, -0.2) is 0 Å². The summed E-state index contributed by atoms with van der Waals surface area (Å²) in [5.41, 5.74) is 19.8. The van der Waals surface area contributed by atoms with Gasteiger partial charge in [0, 0.05) is 5.30 Å². The van der Waals surface area contributed by atoms with Crippen molar-refractivity contribution in [3.8, 4) is 0 Å². The third kappa shape index (κ3) is 6.43. The molecule has 3 aromatic rings. The zero-order chi connectivity index (χ0) is 19.1. The first-order valence-corrected chi connectivity index (χ1v) is 24.3. The zero-order valence-corrected chi connectivity index (χ0v) is 22.7. The van der Waals surface area contributed by atoms with Crippen molar-refractivity contribution in [3.05, 3.63) is 72.8 Å². The molecule has 3 aromatic carbocycles. The van der Waals surface area contributed by atoms with Gasteiger partial charge in [0.05, 0.1) is 17.1 Å². The fourth-order valence-corrected chi connectivity index (χ4v) is 4.80. The molecule has 0 aliphatic heterocycles. The van der Waals surface area contributed by atoms with Crippen LogP contribution < -0.4 is 33.1 Å². The molecule has 26 heavy (non-hydrogen) atoms. The van der Waals surface area contributed by atoms with E-state index in [0.29, 0.717) is 17.1 Å². The summed E-state index contributed by atoms with van der Waals surface area (Å²) in [5.74, 6) is 0. The first-order valence-electron chi connectivity index (χ1n) is 7.42. The predicted octanol–water partition coefficient (Wildman–Crippen LogP) is 4.85. The van der Waals surface area contributed by atoms with Gasteiger partial charge in [0.15, 0.2) is 0 Å². The Morgan fingerprint density at radius 3 is 1.46 bits per heavy atom. The van der Waals surface area contributed by atoms with Crippen molar-refractivity contribution >= 4 is 100 Å². The first-order chi connectivity index (χ1) is 12.4. The van der Waals surface area contributed by atoms with Crippen LogP contribution in [0.4, 0.5) is 17.1 Å². The maximum atomic E-state index is 6.27. The van der Waals surface area contributed by atoms with Gasteiger partial charge >= 0.3 is 64.7 Å². The average molecular weight is 789 g/mol. The van der Waals surface area contributed by atoms with Crippen molar-refractivity contribution < 1.29 is 5.41 Å². The molecule has 3 rings (SSSR count). The standard InChI is InChI=1S/C18H18N3P.3HI.Ru/c19-15-11-12-16(18(21)17(15)20)22(13-7-3-1-4-8-13)14-9-5-2-6-10-14;;;;/h1-12H,19-21H2;3*1H;/q;;;;+3/p-3. The van der Waals surface area contributed by atoms with Crippen LogP contribution in [-0.4, -0.2) is 0 Å². The minimum atomic E-state index is -0.756. The summed E-state index contributed by atoms with van der Waals surface area (Å²) in [6.45, 7) is 0. The summed E-state index contributed by atoms with van der Waals surface area (Å²) in [6, 6.07) is 24.6. The Hall–Kier alpha value is 0.303. The van der Waals surface area contributed by atoms with Gasteiger partial charge in [0.25, 0.3) is 0 Å². The molecule has 0 fully saturated rings. The fourth-order valence-electron chi connectivity index (χ4n) is 2.42. The monoisotopic (exact) mass is 790 g/mol. The fraction of sp³-hybridized carbons (Fsp3) is 0. The molecule has 139 valence electrons. The molecule has 0 atom stereocenters. The van der Waals surface area contributed by atoms with Crippen LogP contribution in [-0.2, 0) is 5.41 Å². The molecular formula is C18H18I3N3PRu. The molecule has 0 aromatic heterocycles. The number of rotatable bonds is 3. The third-order valence-corrected chi connectivity index (χ3v) is 6.07. The SMILES string of the molecule is Nc1ccc(P(c2ccccc2)c2ccccc2)c(N)c1N.[I][Ru]([I])[I]. The minimum absolute atomic E-state index is 0.260. The molecule has 6 N–H and O–H groups in total. The van der Waals surface area contributed by atoms with Gasteiger partial charge in [0.2, 0.25) is 0 Å². The van der Waals surface area contributed by atoms with Crippen LogP contribution in [0, 0.1) is 0 Å². The van der Waals surface area contributed by atoms with Crippen molar-refractivity contribution in [1.29, 1.82) is 0 Å². The van der Waals surface area contributed by atoms with Crippen LogP contribution in [0.15, 0.2) is 72.8 Å². The summed E-state index contributed by atoms with van der Waals surface area (Å²) >= 11 is 7.38. The number of benzene rings is 3. The molecule has 0 radical (unpaired) electrons. The second-order valence-electron chi connectivity index (χ2n) is 5.16. The van der Waals surface area contributed by atoms with Crippen LogP contribution >= 0.6 is 67.2 Å². The number of hydrogen-bond donors (Lipinski definition) is 3. The summed E-state index contributed by atoms with van der Waals surface area (Å²) in [7, 11) is -0.756. The van der Waals surface area contributed by atoms with Crippen LogP contribution in [0.5, 0.6) is 0 Å². The van der Waals surface area contributed by atoms with E-state index in [4.69, 9.17) is 17.2 Å². The van der Waals surface area contributed by atoms with Gasteiger partial charge in [0.1, 0.15) is 0 Å². The second-order valence-corrected chi connectivity index (χ2v) is 47.5. The first kappa shape index (κ1) is 22.6. The third-order valence-electron chi connectivity index (χ3n) is 3.57. The van der Waals surface area contributed by atoms with E-state index < -0.39 is 7.92 Å². The van der Waals surface area contributed by atoms with E-state index in [1.54, 1.807) is 0 Å². The van der Waals surface area contributed by atoms with Gasteiger partial charge in [-0.1, -0.05) is 60.7 Å². The van der Waals surface area contributed by atoms with Crippen LogP contribution in [0.3, 0.4) is 0 Å². The summed E-state index contributed by atoms with van der Waals surface area (Å²) in [6.07, 6.45) is 0. The molecule has 8 heteroatoms. The van der Waals surface area contributed by atoms with Gasteiger partial charge in [-0.3, -0.25) is 0 Å². The van der Waals surface area contributed by atoms with Gasteiger partial charge in [-0.05, 0) is 30.7 Å². The van der Waals surface area contributed by atoms with Crippen molar-refractivity contribution in [1.82, 2.24) is 0 Å². The number of nitrogen functional groups attached to an aromatic ring is 3. The van der Waals surface area contributed by atoms with E-state index in [1.165, 1.54) is 10.6 Å². The number of hydrogen-bond acceptors (Lipinski definition) is 3. The molecule has 0 unspecified atom stereocenters. The molecule has 0 amide bonds. The molecular weight excluding hydrogens is 771 g/mol. The van der Waals surface area contributed by atoms with E-state index in [0.717, 1.165) is 5.30 Å². The molecule has 0 bridgehead atoms. The molecule has 0 aliphatic rings. The summed E-state index contributed by atoms with van der Waals surface area (Å²) < 4.78 is 0. The average Bonchev–Trinajstić information content (AvgIpc) is 2.63. The summed E-state index contributed by atoms with van der Waals surface area (Å²) in [4.78, 5) is 0. The second kappa shape index (κ2) is 11.3. The molecule has 0 spiro atoms. The van der Waals surface area contributed by atoms with Crippen molar-refractivity contribution in [2.45, 2.75) is 0 Å². The Bertz CT molecular complexity index is 794. The normalized spacial score (nSPS) is 10.8. The molecule has 0 aliphatic carbocycles. The van der Waals surface area contributed by atoms with Crippen molar-refractivity contribution in [3.63, 3.8) is 0 Å². The Morgan fingerprint density at radius 1 is 0.615 bits per heavy atom. The van der Waals surface area contributed by atoms with E-state index in [2.05, 4.69) is 83.5 Å². The van der Waals surface area contributed by atoms with Crippen LogP contribution in [0.2, 0.25) is 0 Å². The Morgan fingerprint density at radius 2 is 1.04 bits per heavy atom. The van der Waals surface area contributed by atoms with Crippen LogP contribution in [0.25, 0.3) is 0 Å². The maximum absolute atomic E-state index is 6.27. The van der Waals surface area contributed by atoms with Crippen molar-refractivity contribution in [2.75, 3.05) is 17.2 Å². The van der Waals surface area contributed by atoms with Gasteiger partial charge in [-0.2, -0.15) is 0 Å². The van der Waals surface area contributed by atoms with Gasteiger partial charge < -0.3 is 17.2 Å².